The molecular formula is C18H37IN4O2. The van der Waals surface area contributed by atoms with Crippen LogP contribution < -0.4 is 10.6 Å². The van der Waals surface area contributed by atoms with Gasteiger partial charge < -0.3 is 25.0 Å². The number of halogens is 1. The molecule has 0 aromatic rings. The fourth-order valence-corrected chi connectivity index (χ4v) is 3.38. The Balaban J connectivity index is 0.00000312. The standard InChI is InChI=1S/C18H36N4O2.HI/c1-3-10-22-11-5-16(6-12-22)21-18(19-2)20-9-4-13-24-17-7-14-23-15-8-17;/h16-17H,3-15H2,1-2H3,(H2,19,20,21);1H. The van der Waals surface area contributed by atoms with Crippen molar-refractivity contribution >= 4 is 29.9 Å². The average molecular weight is 468 g/mol. The first-order valence-corrected chi connectivity index (χ1v) is 9.70. The van der Waals surface area contributed by atoms with Gasteiger partial charge in [-0.3, -0.25) is 4.99 Å². The summed E-state index contributed by atoms with van der Waals surface area (Å²) in [5, 5.41) is 6.97. The summed E-state index contributed by atoms with van der Waals surface area (Å²) < 4.78 is 11.2. The molecule has 7 heteroatoms. The van der Waals surface area contributed by atoms with E-state index < -0.39 is 0 Å². The average Bonchev–Trinajstić information content (AvgIpc) is 2.63. The Morgan fingerprint density at radius 1 is 1.20 bits per heavy atom. The van der Waals surface area contributed by atoms with Gasteiger partial charge in [0.25, 0.3) is 0 Å². The maximum absolute atomic E-state index is 5.90. The number of nitrogens with zero attached hydrogens (tertiary/aromatic N) is 2. The van der Waals surface area contributed by atoms with Crippen LogP contribution in [-0.2, 0) is 9.47 Å². The molecule has 148 valence electrons. The Bertz CT molecular complexity index is 357. The summed E-state index contributed by atoms with van der Waals surface area (Å²) in [7, 11) is 1.85. The first kappa shape index (κ1) is 22.9. The van der Waals surface area contributed by atoms with Crippen molar-refractivity contribution in [1.82, 2.24) is 15.5 Å². The number of nitrogens with one attached hydrogen (secondary N) is 2. The topological polar surface area (TPSA) is 58.1 Å². The molecule has 0 saturated carbocycles. The zero-order chi connectivity index (χ0) is 17.0. The van der Waals surface area contributed by atoms with Crippen LogP contribution in [0, 0.1) is 0 Å². The number of aliphatic imine (C=N–C) groups is 1. The molecule has 2 saturated heterocycles. The van der Waals surface area contributed by atoms with Gasteiger partial charge in [-0.2, -0.15) is 0 Å². The predicted molar refractivity (Wildman–Crippen MR) is 114 cm³/mol. The second-order valence-electron chi connectivity index (χ2n) is 6.80. The lowest BCUT2D eigenvalue weighted by Crippen LogP contribution is -2.49. The van der Waals surface area contributed by atoms with Gasteiger partial charge in [0, 0.05) is 52.5 Å². The molecular weight excluding hydrogens is 431 g/mol. The van der Waals surface area contributed by atoms with E-state index in [2.05, 4.69) is 27.4 Å². The molecule has 0 bridgehead atoms. The van der Waals surface area contributed by atoms with Crippen molar-refractivity contribution in [2.24, 2.45) is 4.99 Å². The summed E-state index contributed by atoms with van der Waals surface area (Å²) in [5.74, 6) is 0.926. The molecule has 2 rings (SSSR count). The van der Waals surface area contributed by atoms with E-state index in [0.29, 0.717) is 12.1 Å². The van der Waals surface area contributed by atoms with E-state index >= 15 is 0 Å². The molecule has 0 aromatic heterocycles. The van der Waals surface area contributed by atoms with E-state index in [1.54, 1.807) is 0 Å². The highest BCUT2D eigenvalue weighted by Gasteiger charge is 2.19. The second-order valence-corrected chi connectivity index (χ2v) is 6.80. The minimum atomic E-state index is 0. The Kier molecular flexibility index (Phi) is 12.8. The Morgan fingerprint density at radius 2 is 1.92 bits per heavy atom. The van der Waals surface area contributed by atoms with Crippen LogP contribution in [0.2, 0.25) is 0 Å². The van der Waals surface area contributed by atoms with E-state index in [-0.39, 0.29) is 24.0 Å². The minimum absolute atomic E-state index is 0. The maximum Gasteiger partial charge on any atom is 0.191 e. The third-order valence-corrected chi connectivity index (χ3v) is 4.83. The molecule has 6 nitrogen and oxygen atoms in total. The summed E-state index contributed by atoms with van der Waals surface area (Å²) in [6.45, 7) is 9.27. The molecule has 2 heterocycles. The van der Waals surface area contributed by atoms with Gasteiger partial charge in [0.05, 0.1) is 6.10 Å². The molecule has 2 aliphatic rings. The number of ether oxygens (including phenoxy) is 2. The van der Waals surface area contributed by atoms with E-state index in [1.807, 2.05) is 7.05 Å². The zero-order valence-corrected chi connectivity index (χ0v) is 18.3. The van der Waals surface area contributed by atoms with E-state index in [0.717, 1.165) is 51.6 Å². The fourth-order valence-electron chi connectivity index (χ4n) is 3.38. The van der Waals surface area contributed by atoms with Gasteiger partial charge >= 0.3 is 0 Å². The van der Waals surface area contributed by atoms with E-state index in [9.17, 15) is 0 Å². The van der Waals surface area contributed by atoms with Crippen molar-refractivity contribution < 1.29 is 9.47 Å². The molecule has 2 fully saturated rings. The third kappa shape index (κ3) is 9.40. The van der Waals surface area contributed by atoms with Crippen LogP contribution in [-0.4, -0.2) is 76.1 Å². The van der Waals surface area contributed by atoms with Crippen LogP contribution in [0.25, 0.3) is 0 Å². The normalized spacial score (nSPS) is 21.0. The lowest BCUT2D eigenvalue weighted by atomic mass is 10.1. The number of piperidine rings is 1. The smallest absolute Gasteiger partial charge is 0.191 e. The Labute approximate surface area is 170 Å². The van der Waals surface area contributed by atoms with E-state index in [4.69, 9.17) is 9.47 Å². The first-order valence-electron chi connectivity index (χ1n) is 9.70. The molecule has 0 aliphatic carbocycles. The highest BCUT2D eigenvalue weighted by molar-refractivity contribution is 14.0. The van der Waals surface area contributed by atoms with Crippen molar-refractivity contribution in [3.63, 3.8) is 0 Å². The Morgan fingerprint density at radius 3 is 2.56 bits per heavy atom. The van der Waals surface area contributed by atoms with Gasteiger partial charge in [0.15, 0.2) is 5.96 Å². The van der Waals surface area contributed by atoms with Gasteiger partial charge in [-0.1, -0.05) is 6.92 Å². The zero-order valence-electron chi connectivity index (χ0n) is 16.0. The highest BCUT2D eigenvalue weighted by Crippen LogP contribution is 2.11. The lowest BCUT2D eigenvalue weighted by molar-refractivity contribution is -0.0320. The van der Waals surface area contributed by atoms with Crippen molar-refractivity contribution in [2.75, 3.05) is 53.0 Å². The summed E-state index contributed by atoms with van der Waals surface area (Å²) in [6.07, 6.45) is 7.12. The van der Waals surface area contributed by atoms with Crippen molar-refractivity contribution in [3.05, 3.63) is 0 Å². The summed E-state index contributed by atoms with van der Waals surface area (Å²) >= 11 is 0. The lowest BCUT2D eigenvalue weighted by Gasteiger charge is -2.32. The van der Waals surface area contributed by atoms with Gasteiger partial charge in [0.1, 0.15) is 0 Å². The van der Waals surface area contributed by atoms with Crippen molar-refractivity contribution in [1.29, 1.82) is 0 Å². The molecule has 2 N–H and O–H groups in total. The van der Waals surface area contributed by atoms with Crippen LogP contribution in [0.15, 0.2) is 4.99 Å². The number of hydrogen-bond donors (Lipinski definition) is 2. The molecule has 0 amide bonds. The quantitative estimate of drug-likeness (QED) is 0.248. The molecule has 0 atom stereocenters. The number of likely N-dealkylation sites (tertiary alicyclic amines) is 1. The van der Waals surface area contributed by atoms with Crippen LogP contribution in [0.3, 0.4) is 0 Å². The second kappa shape index (κ2) is 14.0. The minimum Gasteiger partial charge on any atom is -0.381 e. The van der Waals surface area contributed by atoms with Crippen molar-refractivity contribution in [3.8, 4) is 0 Å². The number of hydrogen-bond acceptors (Lipinski definition) is 4. The van der Waals surface area contributed by atoms with Crippen molar-refractivity contribution in [2.45, 2.75) is 57.6 Å². The molecule has 25 heavy (non-hydrogen) atoms. The number of guanidine groups is 1. The van der Waals surface area contributed by atoms with Gasteiger partial charge in [-0.25, -0.2) is 0 Å². The Hall–Kier alpha value is -0.120. The fraction of sp³-hybridized carbons (Fsp3) is 0.944. The van der Waals surface area contributed by atoms with Crippen LogP contribution in [0.4, 0.5) is 0 Å². The summed E-state index contributed by atoms with van der Waals surface area (Å²) in [4.78, 5) is 6.91. The monoisotopic (exact) mass is 468 g/mol. The highest BCUT2D eigenvalue weighted by atomic mass is 127. The summed E-state index contributed by atoms with van der Waals surface area (Å²) in [6, 6.07) is 0.544. The maximum atomic E-state index is 5.90. The first-order chi connectivity index (χ1) is 11.8. The SMILES string of the molecule is CCCN1CCC(NC(=NC)NCCCOC2CCOCC2)CC1.I. The van der Waals surface area contributed by atoms with E-state index in [1.165, 1.54) is 38.9 Å². The van der Waals surface area contributed by atoms with Gasteiger partial charge in [-0.05, 0) is 45.1 Å². The van der Waals surface area contributed by atoms with Gasteiger partial charge in [0.2, 0.25) is 0 Å². The predicted octanol–water partition coefficient (Wildman–Crippen LogP) is 2.23. The van der Waals surface area contributed by atoms with Gasteiger partial charge in [-0.15, -0.1) is 24.0 Å². The van der Waals surface area contributed by atoms with Crippen LogP contribution in [0.1, 0.15) is 45.4 Å². The molecule has 0 spiro atoms. The van der Waals surface area contributed by atoms with Crippen LogP contribution >= 0.6 is 24.0 Å². The molecule has 0 radical (unpaired) electrons. The number of rotatable bonds is 8. The van der Waals surface area contributed by atoms with Crippen LogP contribution in [0.5, 0.6) is 0 Å². The largest absolute Gasteiger partial charge is 0.381 e. The third-order valence-electron chi connectivity index (χ3n) is 4.83. The molecule has 0 aromatic carbocycles. The molecule has 2 aliphatic heterocycles. The molecule has 0 unspecified atom stereocenters. The summed E-state index contributed by atoms with van der Waals surface area (Å²) in [5.41, 5.74) is 0.